The summed E-state index contributed by atoms with van der Waals surface area (Å²) in [5.41, 5.74) is 1.65. The number of rotatable bonds is 3. The van der Waals surface area contributed by atoms with Crippen molar-refractivity contribution in [1.29, 1.82) is 0 Å². The molecule has 4 rings (SSSR count). The van der Waals surface area contributed by atoms with Crippen molar-refractivity contribution in [1.82, 2.24) is 5.32 Å². The van der Waals surface area contributed by atoms with Gasteiger partial charge < -0.3 is 14.5 Å². The first-order chi connectivity index (χ1) is 12.0. The Balaban J connectivity index is 1.81. The fourth-order valence-corrected chi connectivity index (χ4v) is 4.42. The van der Waals surface area contributed by atoms with Crippen LogP contribution in [0.15, 0.2) is 50.6 Å². The van der Waals surface area contributed by atoms with Crippen LogP contribution in [0.3, 0.4) is 0 Å². The van der Waals surface area contributed by atoms with Gasteiger partial charge in [0, 0.05) is 17.0 Å². The highest BCUT2D eigenvalue weighted by molar-refractivity contribution is 7.91. The van der Waals surface area contributed by atoms with Gasteiger partial charge in [0.1, 0.15) is 11.3 Å². The van der Waals surface area contributed by atoms with E-state index in [1.54, 1.807) is 6.07 Å². The van der Waals surface area contributed by atoms with Crippen LogP contribution >= 0.6 is 0 Å². The molecule has 0 bridgehead atoms. The lowest BCUT2D eigenvalue weighted by atomic mass is 10.1. The van der Waals surface area contributed by atoms with E-state index in [1.165, 1.54) is 31.4 Å². The lowest BCUT2D eigenvalue weighted by Gasteiger charge is -2.10. The summed E-state index contributed by atoms with van der Waals surface area (Å²) in [6.07, 6.45) is 0.845. The zero-order valence-corrected chi connectivity index (χ0v) is 14.3. The van der Waals surface area contributed by atoms with Gasteiger partial charge in [-0.3, -0.25) is 0 Å². The van der Waals surface area contributed by atoms with Gasteiger partial charge in [-0.1, -0.05) is 0 Å². The van der Waals surface area contributed by atoms with Crippen LogP contribution in [0.2, 0.25) is 0 Å². The molecule has 0 radical (unpaired) electrons. The first-order valence-corrected chi connectivity index (χ1v) is 9.32. The van der Waals surface area contributed by atoms with Crippen molar-refractivity contribution < 1.29 is 22.0 Å². The third-order valence-electron chi connectivity index (χ3n) is 4.43. The highest BCUT2D eigenvalue weighted by Gasteiger charge is 2.23. The molecule has 25 heavy (non-hydrogen) atoms. The molecule has 1 N–H and O–H groups in total. The molecule has 0 spiro atoms. The number of nitrogens with one attached hydrogen (secondary N) is 1. The van der Waals surface area contributed by atoms with Crippen LogP contribution < -0.4 is 10.1 Å². The van der Waals surface area contributed by atoms with Gasteiger partial charge in [0.25, 0.3) is 0 Å². The van der Waals surface area contributed by atoms with Crippen LogP contribution in [0.4, 0.5) is 4.39 Å². The van der Waals surface area contributed by atoms with Gasteiger partial charge in [0.2, 0.25) is 9.84 Å². The van der Waals surface area contributed by atoms with Crippen LogP contribution in [-0.4, -0.2) is 22.1 Å². The number of sulfone groups is 1. The van der Waals surface area contributed by atoms with Crippen LogP contribution in [-0.2, 0) is 22.8 Å². The van der Waals surface area contributed by atoms with Crippen molar-refractivity contribution in [2.75, 3.05) is 13.7 Å². The van der Waals surface area contributed by atoms with Gasteiger partial charge in [0.15, 0.2) is 11.6 Å². The molecule has 0 atom stereocenters. The fraction of sp³-hybridized carbons (Fsp3) is 0.222. The number of fused-ring (bicyclic) bond motifs is 3. The third-order valence-corrected chi connectivity index (χ3v) is 6.18. The number of hydrogen-bond acceptors (Lipinski definition) is 5. The standard InChI is InChI=1S/C18H16FNO4S/c1-23-16-5-3-11(8-15(16)19)25(21,22)12-2-4-13-14-6-7-20-10-18(14)24-17(13)9-12/h2-5,8-9,20H,6-7,10H2,1H3. The molecule has 1 aliphatic rings. The first kappa shape index (κ1) is 16.1. The lowest BCUT2D eigenvalue weighted by Crippen LogP contribution is -2.22. The van der Waals surface area contributed by atoms with Crippen molar-refractivity contribution >= 4 is 20.8 Å². The monoisotopic (exact) mass is 361 g/mol. The van der Waals surface area contributed by atoms with E-state index in [-0.39, 0.29) is 15.5 Å². The van der Waals surface area contributed by atoms with Gasteiger partial charge in [-0.05, 0) is 43.3 Å². The van der Waals surface area contributed by atoms with E-state index in [0.29, 0.717) is 12.1 Å². The predicted molar refractivity (Wildman–Crippen MR) is 90.0 cm³/mol. The zero-order valence-electron chi connectivity index (χ0n) is 13.5. The number of methoxy groups -OCH3 is 1. The van der Waals surface area contributed by atoms with Crippen molar-refractivity contribution in [3.05, 3.63) is 53.5 Å². The molecular weight excluding hydrogens is 345 g/mol. The fourth-order valence-electron chi connectivity index (χ4n) is 3.13. The molecule has 2 aromatic carbocycles. The van der Waals surface area contributed by atoms with E-state index in [1.807, 2.05) is 0 Å². The smallest absolute Gasteiger partial charge is 0.206 e. The predicted octanol–water partition coefficient (Wildman–Crippen LogP) is 3.06. The second-order valence-electron chi connectivity index (χ2n) is 5.89. The minimum Gasteiger partial charge on any atom is -0.494 e. The molecular formula is C18H16FNO4S. The van der Waals surface area contributed by atoms with E-state index in [4.69, 9.17) is 9.15 Å². The van der Waals surface area contributed by atoms with Crippen molar-refractivity contribution in [3.63, 3.8) is 0 Å². The summed E-state index contributed by atoms with van der Waals surface area (Å²) in [5.74, 6) is 0.121. The van der Waals surface area contributed by atoms with Crippen LogP contribution in [0.1, 0.15) is 11.3 Å². The summed E-state index contributed by atoms with van der Waals surface area (Å²) in [4.78, 5) is -0.0493. The number of furan rings is 1. The van der Waals surface area contributed by atoms with E-state index in [2.05, 4.69) is 5.32 Å². The Morgan fingerprint density at radius 3 is 2.68 bits per heavy atom. The maximum absolute atomic E-state index is 13.9. The first-order valence-electron chi connectivity index (χ1n) is 7.84. The van der Waals surface area contributed by atoms with Gasteiger partial charge in [-0.15, -0.1) is 0 Å². The third kappa shape index (κ3) is 2.60. The SMILES string of the molecule is COc1ccc(S(=O)(=O)c2ccc3c4c(oc3c2)CNCC4)cc1F. The number of hydrogen-bond donors (Lipinski definition) is 1. The number of halogens is 1. The second-order valence-corrected chi connectivity index (χ2v) is 7.84. The van der Waals surface area contributed by atoms with Crippen molar-refractivity contribution in [2.45, 2.75) is 22.8 Å². The molecule has 0 saturated carbocycles. The highest BCUT2D eigenvalue weighted by Crippen LogP contribution is 2.32. The molecule has 0 fully saturated rings. The molecule has 7 heteroatoms. The van der Waals surface area contributed by atoms with Crippen molar-refractivity contribution in [2.24, 2.45) is 0 Å². The maximum atomic E-state index is 13.9. The Morgan fingerprint density at radius 1 is 1.16 bits per heavy atom. The highest BCUT2D eigenvalue weighted by atomic mass is 32.2. The van der Waals surface area contributed by atoms with E-state index < -0.39 is 15.7 Å². The van der Waals surface area contributed by atoms with E-state index >= 15 is 0 Å². The van der Waals surface area contributed by atoms with E-state index in [9.17, 15) is 12.8 Å². The van der Waals surface area contributed by atoms with Crippen molar-refractivity contribution in [3.8, 4) is 5.75 Å². The molecule has 5 nitrogen and oxygen atoms in total. The Morgan fingerprint density at radius 2 is 1.92 bits per heavy atom. The summed E-state index contributed by atoms with van der Waals surface area (Å²) in [7, 11) is -2.52. The molecule has 0 saturated heterocycles. The Labute approximate surface area is 144 Å². The van der Waals surface area contributed by atoms with Gasteiger partial charge in [-0.2, -0.15) is 0 Å². The largest absolute Gasteiger partial charge is 0.494 e. The minimum atomic E-state index is -3.85. The molecule has 130 valence electrons. The van der Waals surface area contributed by atoms with Crippen LogP contribution in [0.25, 0.3) is 11.0 Å². The molecule has 2 heterocycles. The molecule has 3 aromatic rings. The molecule has 1 aromatic heterocycles. The van der Waals surface area contributed by atoms with Crippen LogP contribution in [0.5, 0.6) is 5.75 Å². The summed E-state index contributed by atoms with van der Waals surface area (Å²) in [5, 5.41) is 4.15. The zero-order chi connectivity index (χ0) is 17.6. The van der Waals surface area contributed by atoms with Gasteiger partial charge in [0.05, 0.1) is 23.4 Å². The average Bonchev–Trinajstić information content (AvgIpc) is 2.99. The quantitative estimate of drug-likeness (QED) is 0.777. The minimum absolute atomic E-state index is 0.000567. The van der Waals surface area contributed by atoms with E-state index in [0.717, 1.165) is 35.7 Å². The molecule has 0 aliphatic carbocycles. The van der Waals surface area contributed by atoms with Gasteiger partial charge >= 0.3 is 0 Å². The Hall–Kier alpha value is -2.38. The lowest BCUT2D eigenvalue weighted by molar-refractivity contribution is 0.385. The Bertz CT molecular complexity index is 1070. The van der Waals surface area contributed by atoms with Crippen LogP contribution in [0, 0.1) is 5.82 Å². The molecule has 0 unspecified atom stereocenters. The van der Waals surface area contributed by atoms with Gasteiger partial charge in [-0.25, -0.2) is 12.8 Å². The maximum Gasteiger partial charge on any atom is 0.206 e. The average molecular weight is 361 g/mol. The summed E-state index contributed by atoms with van der Waals surface area (Å²) in [6, 6.07) is 8.41. The number of benzene rings is 2. The normalized spacial score (nSPS) is 14.5. The summed E-state index contributed by atoms with van der Waals surface area (Å²) < 4.78 is 50.1. The number of ether oxygens (including phenoxy) is 1. The molecule has 1 aliphatic heterocycles. The topological polar surface area (TPSA) is 68.5 Å². The summed E-state index contributed by atoms with van der Waals surface area (Å²) in [6.45, 7) is 1.50. The second kappa shape index (κ2) is 5.86. The Kier molecular flexibility index (Phi) is 3.77. The summed E-state index contributed by atoms with van der Waals surface area (Å²) >= 11 is 0. The molecule has 0 amide bonds.